The molecule has 0 aliphatic carbocycles. The summed E-state index contributed by atoms with van der Waals surface area (Å²) in [6.07, 6.45) is 3.78. The predicted octanol–water partition coefficient (Wildman–Crippen LogP) is 12.9. The first kappa shape index (κ1) is 29.0. The summed E-state index contributed by atoms with van der Waals surface area (Å²) in [4.78, 5) is 14.5. The van der Waals surface area contributed by atoms with Gasteiger partial charge in [0.1, 0.15) is 10.0 Å². The predicted molar refractivity (Wildman–Crippen MR) is 213 cm³/mol. The topological polar surface area (TPSA) is 38.7 Å². The van der Waals surface area contributed by atoms with Crippen molar-refractivity contribution in [2.24, 2.45) is 0 Å². The number of hydrogen-bond donors (Lipinski definition) is 0. The molecule has 3 nitrogen and oxygen atoms in total. The Bertz CT molecular complexity index is 2640. The highest BCUT2D eigenvalue weighted by Crippen LogP contribution is 2.43. The average Bonchev–Trinajstić information content (AvgIpc) is 3.82. The molecule has 234 valence electrons. The van der Waals surface area contributed by atoms with Crippen molar-refractivity contribution >= 4 is 64.7 Å². The summed E-state index contributed by atoms with van der Waals surface area (Å²) >= 11 is 3.49. The number of para-hydroxylation sites is 2. The van der Waals surface area contributed by atoms with Crippen molar-refractivity contribution in [2.45, 2.75) is 0 Å². The third-order valence-electron chi connectivity index (χ3n) is 9.45. The van der Waals surface area contributed by atoms with Gasteiger partial charge in [-0.1, -0.05) is 103 Å². The molecule has 10 rings (SSSR count). The molecule has 10 aromatic rings. The standard InChI is InChI=1S/C45H27N3S2/c1-3-13-36-34(11-1)32(19-21-38(36)44-47-40-15-5-7-17-42(40)49-44)30-24-29(28-10-9-23-46-27-28)25-31(26-30)33-20-22-39(37-14-4-2-12-35(33)37)45-48-41-16-6-8-18-43(41)50-45/h1-27H. The van der Waals surface area contributed by atoms with E-state index in [9.17, 15) is 0 Å². The molecular weight excluding hydrogens is 647 g/mol. The molecular formula is C45H27N3S2. The Morgan fingerprint density at radius 1 is 0.360 bits per heavy atom. The number of hydrogen-bond acceptors (Lipinski definition) is 5. The number of benzene rings is 7. The van der Waals surface area contributed by atoms with Crippen LogP contribution in [-0.2, 0) is 0 Å². The molecule has 0 aliphatic rings. The first-order valence-corrected chi connectivity index (χ1v) is 18.2. The Balaban J connectivity index is 1.18. The van der Waals surface area contributed by atoms with Crippen molar-refractivity contribution in [3.8, 4) is 54.5 Å². The molecule has 3 heterocycles. The van der Waals surface area contributed by atoms with E-state index in [1.807, 2.05) is 18.5 Å². The zero-order valence-corrected chi connectivity index (χ0v) is 28.4. The Labute approximate surface area is 296 Å². The van der Waals surface area contributed by atoms with Crippen molar-refractivity contribution in [1.29, 1.82) is 0 Å². The van der Waals surface area contributed by atoms with Crippen LogP contribution in [0.1, 0.15) is 0 Å². The molecule has 0 atom stereocenters. The molecule has 0 amide bonds. The third-order valence-corrected chi connectivity index (χ3v) is 11.6. The van der Waals surface area contributed by atoms with Crippen LogP contribution in [0.15, 0.2) is 164 Å². The number of thiazole rings is 2. The lowest BCUT2D eigenvalue weighted by Gasteiger charge is -2.16. The van der Waals surface area contributed by atoms with Crippen molar-refractivity contribution in [2.75, 3.05) is 0 Å². The number of pyridine rings is 1. The van der Waals surface area contributed by atoms with Gasteiger partial charge in [0.2, 0.25) is 0 Å². The Morgan fingerprint density at radius 3 is 1.28 bits per heavy atom. The molecule has 0 aliphatic heterocycles. The second kappa shape index (κ2) is 11.8. The van der Waals surface area contributed by atoms with Crippen LogP contribution in [0.3, 0.4) is 0 Å². The molecule has 5 heteroatoms. The minimum Gasteiger partial charge on any atom is -0.264 e. The third kappa shape index (κ3) is 4.90. The van der Waals surface area contributed by atoms with Gasteiger partial charge < -0.3 is 0 Å². The molecule has 0 spiro atoms. The van der Waals surface area contributed by atoms with Crippen LogP contribution in [-0.4, -0.2) is 15.0 Å². The number of aromatic nitrogens is 3. The molecule has 0 saturated heterocycles. The molecule has 0 unspecified atom stereocenters. The molecule has 0 fully saturated rings. The van der Waals surface area contributed by atoms with E-state index < -0.39 is 0 Å². The van der Waals surface area contributed by atoms with E-state index in [1.165, 1.54) is 42.1 Å². The summed E-state index contributed by atoms with van der Waals surface area (Å²) in [5, 5.41) is 6.88. The summed E-state index contributed by atoms with van der Waals surface area (Å²) < 4.78 is 2.40. The highest BCUT2D eigenvalue weighted by molar-refractivity contribution is 7.22. The van der Waals surface area contributed by atoms with E-state index in [4.69, 9.17) is 9.97 Å². The van der Waals surface area contributed by atoms with Crippen molar-refractivity contribution in [3.05, 3.63) is 164 Å². The highest BCUT2D eigenvalue weighted by atomic mass is 32.1. The van der Waals surface area contributed by atoms with Crippen LogP contribution in [0.2, 0.25) is 0 Å². The van der Waals surface area contributed by atoms with Crippen molar-refractivity contribution in [1.82, 2.24) is 15.0 Å². The van der Waals surface area contributed by atoms with E-state index in [0.717, 1.165) is 54.4 Å². The van der Waals surface area contributed by atoms with Crippen LogP contribution in [0, 0.1) is 0 Å². The fourth-order valence-electron chi connectivity index (χ4n) is 7.09. The molecule has 0 saturated carbocycles. The van der Waals surface area contributed by atoms with Gasteiger partial charge in [-0.15, -0.1) is 22.7 Å². The Morgan fingerprint density at radius 2 is 0.800 bits per heavy atom. The summed E-state index contributed by atoms with van der Waals surface area (Å²) in [5.41, 5.74) is 11.3. The van der Waals surface area contributed by atoms with Gasteiger partial charge in [-0.05, 0) is 97.9 Å². The van der Waals surface area contributed by atoms with E-state index in [2.05, 4.69) is 151 Å². The molecule has 0 bridgehead atoms. The van der Waals surface area contributed by atoms with Crippen LogP contribution in [0.25, 0.3) is 96.5 Å². The Hall–Kier alpha value is -6.01. The summed E-state index contributed by atoms with van der Waals surface area (Å²) in [6.45, 7) is 0. The van der Waals surface area contributed by atoms with Gasteiger partial charge in [0.25, 0.3) is 0 Å². The van der Waals surface area contributed by atoms with Gasteiger partial charge >= 0.3 is 0 Å². The van der Waals surface area contributed by atoms with E-state index in [0.29, 0.717) is 0 Å². The lowest BCUT2D eigenvalue weighted by molar-refractivity contribution is 1.33. The monoisotopic (exact) mass is 673 g/mol. The van der Waals surface area contributed by atoms with E-state index in [-0.39, 0.29) is 0 Å². The van der Waals surface area contributed by atoms with Gasteiger partial charge in [-0.2, -0.15) is 0 Å². The van der Waals surface area contributed by atoms with Crippen LogP contribution in [0.5, 0.6) is 0 Å². The summed E-state index contributed by atoms with van der Waals surface area (Å²) in [6, 6.07) is 54.3. The summed E-state index contributed by atoms with van der Waals surface area (Å²) in [7, 11) is 0. The molecule has 50 heavy (non-hydrogen) atoms. The average molecular weight is 674 g/mol. The number of nitrogens with zero attached hydrogens (tertiary/aromatic N) is 3. The van der Waals surface area contributed by atoms with Crippen molar-refractivity contribution < 1.29 is 0 Å². The first-order valence-electron chi connectivity index (χ1n) is 16.6. The fraction of sp³-hybridized carbons (Fsp3) is 0. The maximum Gasteiger partial charge on any atom is 0.125 e. The molecule has 0 radical (unpaired) electrons. The lowest BCUT2D eigenvalue weighted by atomic mass is 9.88. The number of fused-ring (bicyclic) bond motifs is 4. The summed E-state index contributed by atoms with van der Waals surface area (Å²) in [5.74, 6) is 0. The van der Waals surface area contributed by atoms with Gasteiger partial charge in [-0.3, -0.25) is 4.98 Å². The van der Waals surface area contributed by atoms with Gasteiger partial charge in [0, 0.05) is 29.1 Å². The van der Waals surface area contributed by atoms with Gasteiger partial charge in [0.15, 0.2) is 0 Å². The minimum absolute atomic E-state index is 1.04. The second-order valence-electron chi connectivity index (χ2n) is 12.4. The first-order chi connectivity index (χ1) is 24.8. The normalized spacial score (nSPS) is 11.6. The lowest BCUT2D eigenvalue weighted by Crippen LogP contribution is -1.90. The van der Waals surface area contributed by atoms with E-state index in [1.54, 1.807) is 22.7 Å². The maximum absolute atomic E-state index is 5.02. The number of rotatable bonds is 5. The fourth-order valence-corrected chi connectivity index (χ4v) is 9.10. The van der Waals surface area contributed by atoms with Crippen LogP contribution in [0.4, 0.5) is 0 Å². The molecule has 3 aromatic heterocycles. The zero-order valence-electron chi connectivity index (χ0n) is 26.7. The van der Waals surface area contributed by atoms with Crippen molar-refractivity contribution in [3.63, 3.8) is 0 Å². The Kier molecular flexibility index (Phi) is 6.86. The molecule has 0 N–H and O–H groups in total. The van der Waals surface area contributed by atoms with E-state index >= 15 is 0 Å². The van der Waals surface area contributed by atoms with Gasteiger partial charge in [-0.25, -0.2) is 9.97 Å². The highest BCUT2D eigenvalue weighted by Gasteiger charge is 2.17. The quantitative estimate of drug-likeness (QED) is 0.182. The van der Waals surface area contributed by atoms with Crippen LogP contribution >= 0.6 is 22.7 Å². The maximum atomic E-state index is 5.02. The van der Waals surface area contributed by atoms with Gasteiger partial charge in [0.05, 0.1) is 20.4 Å². The smallest absolute Gasteiger partial charge is 0.125 e. The second-order valence-corrected chi connectivity index (χ2v) is 14.5. The largest absolute Gasteiger partial charge is 0.264 e. The zero-order chi connectivity index (χ0) is 33.0. The minimum atomic E-state index is 1.04. The molecule has 7 aromatic carbocycles. The SMILES string of the molecule is c1cncc(-c2cc(-c3ccc(-c4nc5ccccc5s4)c4ccccc34)cc(-c3ccc(-c4nc5ccccc5s4)c4ccccc34)c2)c1. The van der Waals surface area contributed by atoms with Crippen LogP contribution < -0.4 is 0 Å².